The van der Waals surface area contributed by atoms with Crippen LogP contribution in [0.5, 0.6) is 11.5 Å². The van der Waals surface area contributed by atoms with Crippen molar-refractivity contribution < 1.29 is 9.53 Å². The predicted molar refractivity (Wildman–Crippen MR) is 105 cm³/mol. The first-order valence-corrected chi connectivity index (χ1v) is 7.92. The molecule has 0 saturated heterocycles. The van der Waals surface area contributed by atoms with E-state index in [1.54, 1.807) is 18.3 Å². The van der Waals surface area contributed by atoms with E-state index in [1.807, 2.05) is 30.3 Å². The molecule has 0 saturated carbocycles. The molecule has 0 spiro atoms. The first kappa shape index (κ1) is 23.2. The number of carbonyl (C=O) groups excluding carboxylic acids is 1. The van der Waals surface area contributed by atoms with E-state index in [0.29, 0.717) is 23.7 Å². The van der Waals surface area contributed by atoms with Gasteiger partial charge in [0.1, 0.15) is 17.2 Å². The average molecular weight is 386 g/mol. The summed E-state index contributed by atoms with van der Waals surface area (Å²) in [6.45, 7) is 2.54. The molecule has 7 heteroatoms. The fraction of sp³-hybridized carbons (Fsp3) is 0.333. The van der Waals surface area contributed by atoms with Crippen molar-refractivity contribution >= 4 is 30.7 Å². The molecule has 1 unspecified atom stereocenters. The number of benzene rings is 1. The van der Waals surface area contributed by atoms with E-state index < -0.39 is 0 Å². The number of carbonyl (C=O) groups is 1. The summed E-state index contributed by atoms with van der Waals surface area (Å²) in [6.07, 6.45) is 4.55. The zero-order valence-electron chi connectivity index (χ0n) is 14.2. The van der Waals surface area contributed by atoms with Crippen LogP contribution in [-0.2, 0) is 0 Å². The second-order valence-corrected chi connectivity index (χ2v) is 5.34. The van der Waals surface area contributed by atoms with Gasteiger partial charge in [-0.05, 0) is 24.6 Å². The van der Waals surface area contributed by atoms with Crippen LogP contribution in [0.2, 0.25) is 0 Å². The third-order valence-corrected chi connectivity index (χ3v) is 3.47. The van der Waals surface area contributed by atoms with Crippen molar-refractivity contribution in [3.63, 3.8) is 0 Å². The van der Waals surface area contributed by atoms with Crippen LogP contribution in [0.1, 0.15) is 36.7 Å². The second kappa shape index (κ2) is 12.5. The molecule has 2 rings (SSSR count). The number of para-hydroxylation sites is 1. The van der Waals surface area contributed by atoms with Gasteiger partial charge in [0.25, 0.3) is 5.91 Å². The lowest BCUT2D eigenvalue weighted by Gasteiger charge is -2.16. The number of halogens is 2. The molecule has 138 valence electrons. The summed E-state index contributed by atoms with van der Waals surface area (Å²) in [5.74, 6) is 1.07. The molecule has 5 nitrogen and oxygen atoms in total. The molecule has 0 fully saturated rings. The molecule has 1 aromatic carbocycles. The average Bonchev–Trinajstić information content (AvgIpc) is 2.59. The van der Waals surface area contributed by atoms with Crippen LogP contribution in [-0.4, -0.2) is 23.5 Å². The summed E-state index contributed by atoms with van der Waals surface area (Å²) >= 11 is 0. The Bertz CT molecular complexity index is 627. The van der Waals surface area contributed by atoms with Gasteiger partial charge in [-0.15, -0.1) is 24.8 Å². The van der Waals surface area contributed by atoms with Crippen molar-refractivity contribution in [1.82, 2.24) is 10.3 Å². The smallest absolute Gasteiger partial charge is 0.270 e. The third kappa shape index (κ3) is 7.73. The second-order valence-electron chi connectivity index (χ2n) is 5.34. The molecule has 25 heavy (non-hydrogen) atoms. The first-order chi connectivity index (χ1) is 11.2. The number of nitrogens with two attached hydrogens (primary N) is 1. The first-order valence-electron chi connectivity index (χ1n) is 7.92. The minimum atomic E-state index is -0.227. The van der Waals surface area contributed by atoms with Gasteiger partial charge in [-0.25, -0.2) is 0 Å². The molecule has 0 aliphatic heterocycles. The maximum Gasteiger partial charge on any atom is 0.270 e. The van der Waals surface area contributed by atoms with Crippen LogP contribution < -0.4 is 15.8 Å². The van der Waals surface area contributed by atoms with Crippen molar-refractivity contribution in [2.75, 3.05) is 6.54 Å². The third-order valence-electron chi connectivity index (χ3n) is 3.47. The number of hydrogen-bond donors (Lipinski definition) is 2. The van der Waals surface area contributed by atoms with E-state index in [0.717, 1.165) is 19.3 Å². The van der Waals surface area contributed by atoms with Crippen molar-refractivity contribution in [2.24, 2.45) is 5.73 Å². The molecule has 0 aliphatic carbocycles. The number of nitrogens with zero attached hydrogens (tertiary/aromatic N) is 1. The van der Waals surface area contributed by atoms with E-state index in [4.69, 9.17) is 10.5 Å². The van der Waals surface area contributed by atoms with E-state index in [9.17, 15) is 4.79 Å². The Balaban J connectivity index is 0.00000288. The molecule has 1 aromatic heterocycles. The largest absolute Gasteiger partial charge is 0.457 e. The Kier molecular flexibility index (Phi) is 11.6. The maximum absolute atomic E-state index is 12.3. The highest BCUT2D eigenvalue weighted by Crippen LogP contribution is 2.20. The Labute approximate surface area is 161 Å². The molecule has 1 amide bonds. The van der Waals surface area contributed by atoms with E-state index >= 15 is 0 Å². The number of aromatic nitrogens is 1. The van der Waals surface area contributed by atoms with Gasteiger partial charge >= 0.3 is 0 Å². The maximum atomic E-state index is 12.3. The Hall–Kier alpha value is -1.82. The summed E-state index contributed by atoms with van der Waals surface area (Å²) in [4.78, 5) is 16.4. The van der Waals surface area contributed by atoms with E-state index in [2.05, 4.69) is 17.2 Å². The van der Waals surface area contributed by atoms with Crippen LogP contribution in [0.25, 0.3) is 0 Å². The number of pyridine rings is 1. The van der Waals surface area contributed by atoms with Gasteiger partial charge in [0.2, 0.25) is 0 Å². The normalized spacial score (nSPS) is 10.8. The molecule has 2 aromatic rings. The highest BCUT2D eigenvalue weighted by Gasteiger charge is 2.14. The van der Waals surface area contributed by atoms with Gasteiger partial charge < -0.3 is 15.8 Å². The fourth-order valence-electron chi connectivity index (χ4n) is 2.18. The summed E-state index contributed by atoms with van der Waals surface area (Å²) in [6, 6.07) is 12.7. The van der Waals surface area contributed by atoms with Gasteiger partial charge in [0.15, 0.2) is 0 Å². The lowest BCUT2D eigenvalue weighted by Crippen LogP contribution is -2.40. The summed E-state index contributed by atoms with van der Waals surface area (Å²) in [5.41, 5.74) is 6.04. The van der Waals surface area contributed by atoms with Gasteiger partial charge in [0.05, 0.1) is 0 Å². The Morgan fingerprint density at radius 2 is 1.92 bits per heavy atom. The molecular formula is C18H25Cl2N3O2. The van der Waals surface area contributed by atoms with E-state index in [-0.39, 0.29) is 36.8 Å². The molecule has 0 radical (unpaired) electrons. The standard InChI is InChI=1S/C18H23N3O2.2ClH/c1-2-3-7-14(13-19)21-18(22)17-12-16(10-11-20-17)23-15-8-5-4-6-9-15;;/h4-6,8-12,14H,2-3,7,13,19H2,1H3,(H,21,22);2*1H. The van der Waals surface area contributed by atoms with Crippen LogP contribution in [0.3, 0.4) is 0 Å². The molecule has 1 heterocycles. The Morgan fingerprint density at radius 3 is 2.56 bits per heavy atom. The molecule has 0 aliphatic rings. The number of unbranched alkanes of at least 4 members (excludes halogenated alkanes) is 1. The number of ether oxygens (including phenoxy) is 1. The van der Waals surface area contributed by atoms with Crippen LogP contribution in [0, 0.1) is 0 Å². The number of nitrogens with one attached hydrogen (secondary N) is 1. The zero-order valence-corrected chi connectivity index (χ0v) is 15.8. The lowest BCUT2D eigenvalue weighted by atomic mass is 10.1. The fourth-order valence-corrected chi connectivity index (χ4v) is 2.18. The monoisotopic (exact) mass is 385 g/mol. The minimum absolute atomic E-state index is 0. The Morgan fingerprint density at radius 1 is 1.20 bits per heavy atom. The zero-order chi connectivity index (χ0) is 16.5. The SMILES string of the molecule is CCCCC(CN)NC(=O)c1cc(Oc2ccccc2)ccn1.Cl.Cl. The highest BCUT2D eigenvalue weighted by atomic mass is 35.5. The molecule has 0 bridgehead atoms. The van der Waals surface area contributed by atoms with Gasteiger partial charge in [-0.3, -0.25) is 9.78 Å². The van der Waals surface area contributed by atoms with Crippen molar-refractivity contribution in [1.29, 1.82) is 0 Å². The van der Waals surface area contributed by atoms with Crippen molar-refractivity contribution in [3.05, 3.63) is 54.4 Å². The number of amides is 1. The van der Waals surface area contributed by atoms with E-state index in [1.165, 1.54) is 0 Å². The van der Waals surface area contributed by atoms with Gasteiger partial charge in [-0.1, -0.05) is 38.0 Å². The van der Waals surface area contributed by atoms with Crippen LogP contribution >= 0.6 is 24.8 Å². The molecular weight excluding hydrogens is 361 g/mol. The predicted octanol–water partition coefficient (Wildman–Crippen LogP) is 3.96. The van der Waals surface area contributed by atoms with Crippen molar-refractivity contribution in [2.45, 2.75) is 32.2 Å². The lowest BCUT2D eigenvalue weighted by molar-refractivity contribution is 0.0930. The van der Waals surface area contributed by atoms with Gasteiger partial charge in [0, 0.05) is 24.8 Å². The minimum Gasteiger partial charge on any atom is -0.457 e. The summed E-state index contributed by atoms with van der Waals surface area (Å²) in [7, 11) is 0. The van der Waals surface area contributed by atoms with Crippen LogP contribution in [0.15, 0.2) is 48.7 Å². The number of hydrogen-bond acceptors (Lipinski definition) is 4. The topological polar surface area (TPSA) is 77.2 Å². The quantitative estimate of drug-likeness (QED) is 0.720. The molecule has 3 N–H and O–H groups in total. The summed E-state index contributed by atoms with van der Waals surface area (Å²) in [5, 5.41) is 2.93. The molecule has 1 atom stereocenters. The van der Waals surface area contributed by atoms with Crippen LogP contribution in [0.4, 0.5) is 0 Å². The number of rotatable bonds is 8. The highest BCUT2D eigenvalue weighted by molar-refractivity contribution is 5.92. The van der Waals surface area contributed by atoms with Crippen molar-refractivity contribution in [3.8, 4) is 11.5 Å². The van der Waals surface area contributed by atoms with Gasteiger partial charge in [-0.2, -0.15) is 0 Å². The summed E-state index contributed by atoms with van der Waals surface area (Å²) < 4.78 is 5.72.